The molecule has 0 aromatic heterocycles. The van der Waals surface area contributed by atoms with Crippen LogP contribution in [0.5, 0.6) is 0 Å². The summed E-state index contributed by atoms with van der Waals surface area (Å²) in [6, 6.07) is 16.4. The van der Waals surface area contributed by atoms with E-state index in [1.807, 2.05) is 37.3 Å². The predicted octanol–water partition coefficient (Wildman–Crippen LogP) is 4.52. The lowest BCUT2D eigenvalue weighted by molar-refractivity contribution is -0.117. The first kappa shape index (κ1) is 20.9. The zero-order valence-electron chi connectivity index (χ0n) is 17.0. The fraction of sp³-hybridized carbons (Fsp3) is 0.208. The second kappa shape index (κ2) is 8.78. The maximum Gasteiger partial charge on any atom is 0.253 e. The van der Waals surface area contributed by atoms with Crippen molar-refractivity contribution in [3.63, 3.8) is 0 Å². The summed E-state index contributed by atoms with van der Waals surface area (Å²) in [6.07, 6.45) is 1.73. The highest BCUT2D eigenvalue weighted by molar-refractivity contribution is 6.33. The van der Waals surface area contributed by atoms with Gasteiger partial charge >= 0.3 is 0 Å². The van der Waals surface area contributed by atoms with Crippen molar-refractivity contribution in [1.29, 1.82) is 0 Å². The number of carbonyl (C=O) groups excluding carboxylic acids is 3. The number of halogens is 1. The third kappa shape index (κ3) is 5.03. The number of fused-ring (bicyclic) bond motifs is 1. The number of hydrogen-bond acceptors (Lipinski definition) is 3. The van der Waals surface area contributed by atoms with Gasteiger partial charge in [0.25, 0.3) is 5.91 Å². The quantitative estimate of drug-likeness (QED) is 0.532. The van der Waals surface area contributed by atoms with Gasteiger partial charge in [-0.3, -0.25) is 14.4 Å². The molecule has 3 aromatic carbocycles. The lowest BCUT2D eigenvalue weighted by Gasteiger charge is -2.13. The molecule has 3 aromatic rings. The van der Waals surface area contributed by atoms with Crippen molar-refractivity contribution in [3.8, 4) is 0 Å². The maximum atomic E-state index is 12.9. The molecule has 1 aliphatic rings. The largest absolute Gasteiger partial charge is 0.343 e. The minimum absolute atomic E-state index is 0.00687. The molecule has 6 nitrogen and oxygen atoms in total. The third-order valence-corrected chi connectivity index (χ3v) is 5.46. The van der Waals surface area contributed by atoms with Crippen molar-refractivity contribution in [2.75, 3.05) is 17.2 Å². The Labute approximate surface area is 185 Å². The van der Waals surface area contributed by atoms with Crippen LogP contribution in [0.4, 0.5) is 11.4 Å². The fourth-order valence-electron chi connectivity index (χ4n) is 3.28. The van der Waals surface area contributed by atoms with E-state index in [4.69, 9.17) is 11.6 Å². The standard InChI is InChI=1S/C24H22ClN3O3/c1-14-6-9-20(19(25)10-14)27-22(29)13-26-24(31)18-11-16-4-2-3-5-17(16)12-21(18)28-23(30)15-7-8-15/h2-6,9-12,15H,7-8,13H2,1H3,(H,26,31)(H,27,29)(H,28,30). The highest BCUT2D eigenvalue weighted by atomic mass is 35.5. The Morgan fingerprint density at radius 3 is 2.32 bits per heavy atom. The van der Waals surface area contributed by atoms with Crippen molar-refractivity contribution in [3.05, 3.63) is 70.7 Å². The van der Waals surface area contributed by atoms with Gasteiger partial charge in [-0.15, -0.1) is 0 Å². The van der Waals surface area contributed by atoms with E-state index in [-0.39, 0.29) is 18.4 Å². The molecule has 0 spiro atoms. The van der Waals surface area contributed by atoms with Crippen LogP contribution >= 0.6 is 11.6 Å². The van der Waals surface area contributed by atoms with Crippen LogP contribution in [0.1, 0.15) is 28.8 Å². The molecule has 0 heterocycles. The first-order valence-corrected chi connectivity index (χ1v) is 10.5. The first-order valence-electron chi connectivity index (χ1n) is 10.1. The number of benzene rings is 3. The molecule has 7 heteroatoms. The van der Waals surface area contributed by atoms with Crippen LogP contribution in [-0.4, -0.2) is 24.3 Å². The monoisotopic (exact) mass is 435 g/mol. The van der Waals surface area contributed by atoms with Crippen molar-refractivity contribution in [2.24, 2.45) is 5.92 Å². The summed E-state index contributed by atoms with van der Waals surface area (Å²) in [5, 5.41) is 10.4. The molecule has 0 aliphatic heterocycles. The van der Waals surface area contributed by atoms with Crippen LogP contribution in [0.3, 0.4) is 0 Å². The molecular formula is C24H22ClN3O3. The Kier molecular flexibility index (Phi) is 5.91. The van der Waals surface area contributed by atoms with E-state index in [9.17, 15) is 14.4 Å². The highest BCUT2D eigenvalue weighted by Crippen LogP contribution is 2.32. The highest BCUT2D eigenvalue weighted by Gasteiger charge is 2.30. The van der Waals surface area contributed by atoms with Crippen LogP contribution in [0, 0.1) is 12.8 Å². The molecule has 3 amide bonds. The summed E-state index contributed by atoms with van der Waals surface area (Å²) in [4.78, 5) is 37.5. The molecule has 1 aliphatic carbocycles. The van der Waals surface area contributed by atoms with Crippen LogP contribution in [0.25, 0.3) is 10.8 Å². The number of rotatable bonds is 6. The molecule has 0 radical (unpaired) electrons. The number of amides is 3. The van der Waals surface area contributed by atoms with Crippen molar-refractivity contribution < 1.29 is 14.4 Å². The predicted molar refractivity (Wildman–Crippen MR) is 122 cm³/mol. The van der Waals surface area contributed by atoms with Crippen LogP contribution in [0.2, 0.25) is 5.02 Å². The van der Waals surface area contributed by atoms with Gasteiger partial charge in [0, 0.05) is 5.92 Å². The normalized spacial score (nSPS) is 13.0. The topological polar surface area (TPSA) is 87.3 Å². The summed E-state index contributed by atoms with van der Waals surface area (Å²) in [6.45, 7) is 1.67. The SMILES string of the molecule is Cc1ccc(NC(=O)CNC(=O)c2cc3ccccc3cc2NC(=O)C2CC2)c(Cl)c1. The molecule has 0 unspecified atom stereocenters. The molecule has 1 saturated carbocycles. The Balaban J connectivity index is 1.49. The average molecular weight is 436 g/mol. The number of aryl methyl sites for hydroxylation is 1. The zero-order chi connectivity index (χ0) is 22.0. The smallest absolute Gasteiger partial charge is 0.253 e. The summed E-state index contributed by atoms with van der Waals surface area (Å²) in [5.41, 5.74) is 2.21. The van der Waals surface area contributed by atoms with Crippen LogP contribution in [0.15, 0.2) is 54.6 Å². The Morgan fingerprint density at radius 1 is 0.935 bits per heavy atom. The van der Waals surface area contributed by atoms with Crippen LogP contribution in [-0.2, 0) is 9.59 Å². The number of nitrogens with one attached hydrogen (secondary N) is 3. The fourth-order valence-corrected chi connectivity index (χ4v) is 3.57. The number of anilines is 2. The molecule has 3 N–H and O–H groups in total. The molecule has 158 valence electrons. The zero-order valence-corrected chi connectivity index (χ0v) is 17.8. The van der Waals surface area contributed by atoms with Crippen molar-refractivity contribution in [2.45, 2.75) is 19.8 Å². The van der Waals surface area contributed by atoms with Crippen LogP contribution < -0.4 is 16.0 Å². The van der Waals surface area contributed by atoms with Gasteiger partial charge in [-0.1, -0.05) is 41.9 Å². The Morgan fingerprint density at radius 2 is 1.65 bits per heavy atom. The second-order valence-corrected chi connectivity index (χ2v) is 8.13. The molecule has 0 atom stereocenters. The van der Waals surface area contributed by atoms with E-state index in [2.05, 4.69) is 16.0 Å². The van der Waals surface area contributed by atoms with Gasteiger partial charge in [-0.2, -0.15) is 0 Å². The van der Waals surface area contributed by atoms with E-state index < -0.39 is 11.8 Å². The Bertz CT molecular complexity index is 1190. The van der Waals surface area contributed by atoms with Gasteiger partial charge < -0.3 is 16.0 Å². The molecule has 31 heavy (non-hydrogen) atoms. The van der Waals surface area contributed by atoms with Gasteiger partial charge in [-0.05, 0) is 60.4 Å². The Hall–Kier alpha value is -3.38. The lowest BCUT2D eigenvalue weighted by Crippen LogP contribution is -2.33. The van der Waals surface area contributed by atoms with E-state index >= 15 is 0 Å². The van der Waals surface area contributed by atoms with Gasteiger partial charge in [0.2, 0.25) is 11.8 Å². The summed E-state index contributed by atoms with van der Waals surface area (Å²) >= 11 is 6.15. The lowest BCUT2D eigenvalue weighted by atomic mass is 10.0. The van der Waals surface area contributed by atoms with E-state index in [1.165, 1.54) is 0 Å². The molecule has 0 saturated heterocycles. The summed E-state index contributed by atoms with van der Waals surface area (Å²) in [5.74, 6) is -0.922. The van der Waals surface area contributed by atoms with Crippen molar-refractivity contribution >= 4 is 51.5 Å². The molecule has 4 rings (SSSR count). The third-order valence-electron chi connectivity index (χ3n) is 5.14. The minimum Gasteiger partial charge on any atom is -0.343 e. The average Bonchev–Trinajstić information content (AvgIpc) is 3.59. The van der Waals surface area contributed by atoms with Crippen molar-refractivity contribution in [1.82, 2.24) is 5.32 Å². The second-order valence-electron chi connectivity index (χ2n) is 7.72. The number of carbonyl (C=O) groups is 3. The molecular weight excluding hydrogens is 414 g/mol. The number of hydrogen-bond donors (Lipinski definition) is 3. The van der Waals surface area contributed by atoms with Gasteiger partial charge in [-0.25, -0.2) is 0 Å². The van der Waals surface area contributed by atoms with E-state index in [0.29, 0.717) is 22.0 Å². The summed E-state index contributed by atoms with van der Waals surface area (Å²) in [7, 11) is 0. The summed E-state index contributed by atoms with van der Waals surface area (Å²) < 4.78 is 0. The maximum absolute atomic E-state index is 12.9. The van der Waals surface area contributed by atoms with Gasteiger partial charge in [0.1, 0.15) is 0 Å². The molecule has 0 bridgehead atoms. The first-order chi connectivity index (χ1) is 14.9. The van der Waals surface area contributed by atoms with E-state index in [0.717, 1.165) is 29.2 Å². The minimum atomic E-state index is -0.443. The molecule has 1 fully saturated rings. The van der Waals surface area contributed by atoms with Gasteiger partial charge in [0.15, 0.2) is 0 Å². The van der Waals surface area contributed by atoms with E-state index in [1.54, 1.807) is 24.3 Å². The van der Waals surface area contributed by atoms with Gasteiger partial charge in [0.05, 0.1) is 28.5 Å².